The molecule has 1 heterocycles. The predicted octanol–water partition coefficient (Wildman–Crippen LogP) is 4.43. The standard InChI is InChI=1S/C23H21BrN2O3S/c1-16(27)26-13-12-19-14-20(24)15-21(23(19)26)30(28,29)25-22(17-8-4-2-5-9-17)18-10-6-3-7-11-18/h2-11,14-15,22,25H,12-13H2,1H3. The smallest absolute Gasteiger partial charge is 0.243 e. The number of hydrogen-bond acceptors (Lipinski definition) is 3. The van der Waals surface area contributed by atoms with E-state index in [1.807, 2.05) is 66.7 Å². The van der Waals surface area contributed by atoms with Gasteiger partial charge >= 0.3 is 0 Å². The number of halogens is 1. The third-order valence-electron chi connectivity index (χ3n) is 5.20. The van der Waals surface area contributed by atoms with Crippen molar-refractivity contribution in [2.24, 2.45) is 0 Å². The summed E-state index contributed by atoms with van der Waals surface area (Å²) in [5.74, 6) is -0.171. The summed E-state index contributed by atoms with van der Waals surface area (Å²) in [5, 5.41) is 0. The number of carbonyl (C=O) groups excluding carboxylic acids is 1. The Labute approximate surface area is 184 Å². The molecular weight excluding hydrogens is 464 g/mol. The van der Waals surface area contributed by atoms with Crippen LogP contribution >= 0.6 is 15.9 Å². The fraction of sp³-hybridized carbons (Fsp3) is 0.174. The third kappa shape index (κ3) is 4.05. The minimum Gasteiger partial charge on any atom is -0.311 e. The molecule has 0 saturated carbocycles. The molecule has 3 aromatic rings. The Hall–Kier alpha value is -2.48. The van der Waals surface area contributed by atoms with E-state index < -0.39 is 16.1 Å². The molecule has 1 N–H and O–H groups in total. The second-order valence-electron chi connectivity index (χ2n) is 7.21. The minimum atomic E-state index is -3.94. The van der Waals surface area contributed by atoms with Gasteiger partial charge in [-0.2, -0.15) is 4.72 Å². The van der Waals surface area contributed by atoms with Gasteiger partial charge in [0.15, 0.2) is 0 Å². The molecule has 0 spiro atoms. The highest BCUT2D eigenvalue weighted by atomic mass is 79.9. The van der Waals surface area contributed by atoms with E-state index in [1.54, 1.807) is 6.07 Å². The molecule has 30 heavy (non-hydrogen) atoms. The summed E-state index contributed by atoms with van der Waals surface area (Å²) < 4.78 is 30.7. The second kappa shape index (κ2) is 8.34. The normalized spacial score (nSPS) is 13.5. The van der Waals surface area contributed by atoms with Crippen LogP contribution in [-0.4, -0.2) is 20.9 Å². The molecule has 4 rings (SSSR count). The van der Waals surface area contributed by atoms with Crippen LogP contribution in [0.3, 0.4) is 0 Å². The van der Waals surface area contributed by atoms with Crippen LogP contribution in [0, 0.1) is 0 Å². The number of hydrogen-bond donors (Lipinski definition) is 1. The van der Waals surface area contributed by atoms with Crippen LogP contribution in [-0.2, 0) is 21.2 Å². The monoisotopic (exact) mass is 484 g/mol. The quantitative estimate of drug-likeness (QED) is 0.582. The minimum absolute atomic E-state index is 0.108. The maximum Gasteiger partial charge on any atom is 0.243 e. The Morgan fingerprint density at radius 1 is 1.00 bits per heavy atom. The number of nitrogens with zero attached hydrogens (tertiary/aromatic N) is 1. The van der Waals surface area contributed by atoms with Crippen LogP contribution in [0.5, 0.6) is 0 Å². The molecule has 154 valence electrons. The maximum atomic E-state index is 13.6. The SMILES string of the molecule is CC(=O)N1CCc2cc(Br)cc(S(=O)(=O)NC(c3ccccc3)c3ccccc3)c21. The summed E-state index contributed by atoms with van der Waals surface area (Å²) in [6.07, 6.45) is 0.623. The number of rotatable bonds is 5. The lowest BCUT2D eigenvalue weighted by Gasteiger charge is -2.23. The Kier molecular flexibility index (Phi) is 5.77. The summed E-state index contributed by atoms with van der Waals surface area (Å²) in [4.78, 5) is 13.8. The predicted molar refractivity (Wildman–Crippen MR) is 121 cm³/mol. The van der Waals surface area contributed by atoms with E-state index in [1.165, 1.54) is 11.8 Å². The fourth-order valence-corrected chi connectivity index (χ4v) is 5.97. The lowest BCUT2D eigenvalue weighted by molar-refractivity contribution is -0.116. The zero-order chi connectivity index (χ0) is 21.3. The molecule has 7 heteroatoms. The topological polar surface area (TPSA) is 66.5 Å². The number of anilines is 1. The molecule has 0 fully saturated rings. The van der Waals surface area contributed by atoms with Crippen molar-refractivity contribution in [3.05, 3.63) is 94.0 Å². The Bertz CT molecular complexity index is 1140. The summed E-state index contributed by atoms with van der Waals surface area (Å²) >= 11 is 3.43. The van der Waals surface area contributed by atoms with Crippen LogP contribution in [0.2, 0.25) is 0 Å². The second-order valence-corrected chi connectivity index (χ2v) is 9.81. The van der Waals surface area contributed by atoms with Gasteiger partial charge in [0.1, 0.15) is 4.90 Å². The van der Waals surface area contributed by atoms with Crippen molar-refractivity contribution in [2.75, 3.05) is 11.4 Å². The van der Waals surface area contributed by atoms with Gasteiger partial charge < -0.3 is 4.90 Å². The molecule has 0 bridgehead atoms. The number of amides is 1. The van der Waals surface area contributed by atoms with Gasteiger partial charge in [0.2, 0.25) is 15.9 Å². The van der Waals surface area contributed by atoms with Gasteiger partial charge in [0, 0.05) is 17.9 Å². The highest BCUT2D eigenvalue weighted by Gasteiger charge is 2.33. The molecule has 1 aliphatic rings. The summed E-state index contributed by atoms with van der Waals surface area (Å²) in [7, 11) is -3.94. The van der Waals surface area contributed by atoms with E-state index in [0.717, 1.165) is 16.7 Å². The van der Waals surface area contributed by atoms with Gasteiger partial charge in [-0.3, -0.25) is 4.79 Å². The number of fused-ring (bicyclic) bond motifs is 1. The Morgan fingerprint density at radius 3 is 2.10 bits per heavy atom. The molecule has 0 aromatic heterocycles. The number of benzene rings is 3. The first kappa shape index (κ1) is 20.8. The Balaban J connectivity index is 1.82. The number of sulfonamides is 1. The van der Waals surface area contributed by atoms with Crippen molar-refractivity contribution >= 4 is 37.5 Å². The van der Waals surface area contributed by atoms with Crippen molar-refractivity contribution in [2.45, 2.75) is 24.3 Å². The molecule has 0 unspecified atom stereocenters. The summed E-state index contributed by atoms with van der Waals surface area (Å²) in [5.41, 5.74) is 2.98. The lowest BCUT2D eigenvalue weighted by Crippen LogP contribution is -2.32. The first-order valence-electron chi connectivity index (χ1n) is 9.59. The van der Waals surface area contributed by atoms with Gasteiger partial charge in [-0.05, 0) is 35.2 Å². The van der Waals surface area contributed by atoms with Crippen LogP contribution in [0.4, 0.5) is 5.69 Å². The van der Waals surface area contributed by atoms with E-state index in [4.69, 9.17) is 0 Å². The molecule has 0 radical (unpaired) electrons. The van der Waals surface area contributed by atoms with E-state index in [-0.39, 0.29) is 10.8 Å². The molecule has 5 nitrogen and oxygen atoms in total. The van der Waals surface area contributed by atoms with E-state index in [9.17, 15) is 13.2 Å². The van der Waals surface area contributed by atoms with E-state index in [0.29, 0.717) is 23.1 Å². The van der Waals surface area contributed by atoms with Crippen molar-refractivity contribution in [1.82, 2.24) is 4.72 Å². The highest BCUT2D eigenvalue weighted by Crippen LogP contribution is 2.38. The summed E-state index contributed by atoms with van der Waals surface area (Å²) in [6.45, 7) is 1.93. The first-order valence-corrected chi connectivity index (χ1v) is 11.9. The third-order valence-corrected chi connectivity index (χ3v) is 7.10. The van der Waals surface area contributed by atoms with Gasteiger partial charge in [0.05, 0.1) is 11.7 Å². The number of nitrogens with one attached hydrogen (secondary N) is 1. The number of carbonyl (C=O) groups is 1. The largest absolute Gasteiger partial charge is 0.311 e. The molecule has 1 aliphatic heterocycles. The highest BCUT2D eigenvalue weighted by molar-refractivity contribution is 9.10. The molecule has 3 aromatic carbocycles. The van der Waals surface area contributed by atoms with Crippen LogP contribution in [0.1, 0.15) is 29.7 Å². The molecule has 0 saturated heterocycles. The van der Waals surface area contributed by atoms with Crippen molar-refractivity contribution < 1.29 is 13.2 Å². The van der Waals surface area contributed by atoms with Gasteiger partial charge in [-0.25, -0.2) is 8.42 Å². The lowest BCUT2D eigenvalue weighted by atomic mass is 10.00. The van der Waals surface area contributed by atoms with Gasteiger partial charge in [-0.15, -0.1) is 0 Å². The average molecular weight is 485 g/mol. The molecule has 1 amide bonds. The fourth-order valence-electron chi connectivity index (χ4n) is 3.83. The Morgan fingerprint density at radius 2 is 1.57 bits per heavy atom. The summed E-state index contributed by atoms with van der Waals surface area (Å²) in [6, 6.07) is 21.8. The first-order chi connectivity index (χ1) is 14.4. The van der Waals surface area contributed by atoms with Crippen LogP contribution in [0.15, 0.2) is 82.2 Å². The zero-order valence-corrected chi connectivity index (χ0v) is 18.8. The van der Waals surface area contributed by atoms with Gasteiger partial charge in [0.25, 0.3) is 0 Å². The van der Waals surface area contributed by atoms with Crippen molar-refractivity contribution in [1.29, 1.82) is 0 Å². The average Bonchev–Trinajstić information content (AvgIpc) is 3.16. The van der Waals surface area contributed by atoms with E-state index >= 15 is 0 Å². The van der Waals surface area contributed by atoms with Crippen LogP contribution < -0.4 is 9.62 Å². The molecular formula is C23H21BrN2O3S. The maximum absolute atomic E-state index is 13.6. The zero-order valence-electron chi connectivity index (χ0n) is 16.4. The van der Waals surface area contributed by atoms with Gasteiger partial charge in [-0.1, -0.05) is 76.6 Å². The molecule has 0 atom stereocenters. The van der Waals surface area contributed by atoms with Crippen LogP contribution in [0.25, 0.3) is 0 Å². The van der Waals surface area contributed by atoms with Crippen molar-refractivity contribution in [3.63, 3.8) is 0 Å². The van der Waals surface area contributed by atoms with E-state index in [2.05, 4.69) is 20.7 Å². The van der Waals surface area contributed by atoms with Crippen molar-refractivity contribution in [3.8, 4) is 0 Å². The molecule has 0 aliphatic carbocycles.